The third-order valence-electron chi connectivity index (χ3n) is 4.66. The highest BCUT2D eigenvalue weighted by Gasteiger charge is 2.26. The molecule has 0 unspecified atom stereocenters. The smallest absolute Gasteiger partial charge is 0.238 e. The Bertz CT molecular complexity index is 811. The fourth-order valence-electron chi connectivity index (χ4n) is 3.24. The van der Waals surface area contributed by atoms with Gasteiger partial charge < -0.3 is 5.32 Å². The van der Waals surface area contributed by atoms with Gasteiger partial charge in [-0.1, -0.05) is 65.1 Å². The number of nitrogens with one attached hydrogen (secondary N) is 1. The number of anilines is 1. The summed E-state index contributed by atoms with van der Waals surface area (Å²) in [5.41, 5.74) is 1.11. The Kier molecular flexibility index (Phi) is 6.77. The van der Waals surface area contributed by atoms with E-state index in [4.69, 9.17) is 34.8 Å². The molecule has 4 nitrogen and oxygen atoms in total. The maximum atomic E-state index is 12.5. The molecule has 0 aromatic heterocycles. The number of carbonyl (C=O) groups excluding carboxylic acids is 2. The molecular weight excluding hydrogens is 407 g/mol. The molecule has 1 aliphatic rings. The monoisotopic (exact) mass is 424 g/mol. The Balaban J connectivity index is 1.52. The van der Waals surface area contributed by atoms with E-state index in [1.54, 1.807) is 0 Å². The number of hydrogen-bond acceptors (Lipinski definition) is 3. The Morgan fingerprint density at radius 2 is 1.59 bits per heavy atom. The topological polar surface area (TPSA) is 49.4 Å². The van der Waals surface area contributed by atoms with Gasteiger partial charge in [0, 0.05) is 16.5 Å². The second-order valence-corrected chi connectivity index (χ2v) is 7.82. The van der Waals surface area contributed by atoms with Crippen LogP contribution in [-0.2, 0) is 4.79 Å². The van der Waals surface area contributed by atoms with Crippen LogP contribution in [0.15, 0.2) is 42.5 Å². The van der Waals surface area contributed by atoms with E-state index in [9.17, 15) is 9.59 Å². The zero-order valence-corrected chi connectivity index (χ0v) is 16.8. The number of piperidine rings is 1. The van der Waals surface area contributed by atoms with Crippen LogP contribution in [0.25, 0.3) is 0 Å². The van der Waals surface area contributed by atoms with Crippen LogP contribution in [0.3, 0.4) is 0 Å². The first-order valence-corrected chi connectivity index (χ1v) is 9.83. The average molecular weight is 426 g/mol. The number of carbonyl (C=O) groups is 2. The van der Waals surface area contributed by atoms with Gasteiger partial charge in [-0.2, -0.15) is 0 Å². The summed E-state index contributed by atoms with van der Waals surface area (Å²) in [6.07, 6.45) is 1.48. The van der Waals surface area contributed by atoms with Crippen molar-refractivity contribution in [2.24, 2.45) is 5.92 Å². The SMILES string of the molecule is O=C(CN1CCC(C(=O)c2ccccc2)CC1)Nc1c(Cl)cc(Cl)cc1Cl. The van der Waals surface area contributed by atoms with Gasteiger partial charge >= 0.3 is 0 Å². The number of hydrogen-bond donors (Lipinski definition) is 1. The maximum absolute atomic E-state index is 12.5. The minimum Gasteiger partial charge on any atom is -0.322 e. The van der Waals surface area contributed by atoms with Gasteiger partial charge in [0.1, 0.15) is 0 Å². The van der Waals surface area contributed by atoms with Crippen molar-refractivity contribution >= 4 is 52.2 Å². The normalized spacial score (nSPS) is 15.5. The zero-order chi connectivity index (χ0) is 19.4. The zero-order valence-electron chi connectivity index (χ0n) is 14.6. The van der Waals surface area contributed by atoms with Crippen LogP contribution in [0.2, 0.25) is 15.1 Å². The molecule has 0 spiro atoms. The Morgan fingerprint density at radius 1 is 1.00 bits per heavy atom. The summed E-state index contributed by atoms with van der Waals surface area (Å²) < 4.78 is 0. The number of benzene rings is 2. The van der Waals surface area contributed by atoms with Gasteiger partial charge in [0.2, 0.25) is 5.91 Å². The molecule has 7 heteroatoms. The highest BCUT2D eigenvalue weighted by atomic mass is 35.5. The molecule has 1 fully saturated rings. The number of rotatable bonds is 5. The van der Waals surface area contributed by atoms with E-state index in [0.29, 0.717) is 33.8 Å². The third kappa shape index (κ3) is 5.23. The molecule has 0 aliphatic carbocycles. The van der Waals surface area contributed by atoms with Gasteiger partial charge in [-0.15, -0.1) is 0 Å². The summed E-state index contributed by atoms with van der Waals surface area (Å²) in [6.45, 7) is 1.61. The second-order valence-electron chi connectivity index (χ2n) is 6.57. The van der Waals surface area contributed by atoms with Crippen LogP contribution in [0.1, 0.15) is 23.2 Å². The number of ketones is 1. The van der Waals surface area contributed by atoms with Gasteiger partial charge in [-0.3, -0.25) is 14.5 Å². The largest absolute Gasteiger partial charge is 0.322 e. The highest BCUT2D eigenvalue weighted by molar-refractivity contribution is 6.42. The third-order valence-corrected chi connectivity index (χ3v) is 5.47. The number of halogens is 3. The van der Waals surface area contributed by atoms with Gasteiger partial charge in [-0.25, -0.2) is 0 Å². The summed E-state index contributed by atoms with van der Waals surface area (Å²) in [4.78, 5) is 26.9. The minimum atomic E-state index is -0.200. The molecule has 1 N–H and O–H groups in total. The Hall–Kier alpha value is -1.59. The molecule has 1 amide bonds. The van der Waals surface area contributed by atoms with Gasteiger partial charge in [0.15, 0.2) is 5.78 Å². The molecule has 2 aromatic rings. The molecule has 3 rings (SSSR count). The van der Waals surface area contributed by atoms with E-state index in [0.717, 1.165) is 18.4 Å². The molecule has 27 heavy (non-hydrogen) atoms. The number of likely N-dealkylation sites (tertiary alicyclic amines) is 1. The molecule has 1 saturated heterocycles. The lowest BCUT2D eigenvalue weighted by Crippen LogP contribution is -2.40. The van der Waals surface area contributed by atoms with Gasteiger partial charge in [0.05, 0.1) is 22.3 Å². The van der Waals surface area contributed by atoms with Crippen molar-refractivity contribution in [2.45, 2.75) is 12.8 Å². The summed E-state index contributed by atoms with van der Waals surface area (Å²) in [5.74, 6) is -0.0137. The quantitative estimate of drug-likeness (QED) is 0.671. The lowest BCUT2D eigenvalue weighted by atomic mass is 9.89. The van der Waals surface area contributed by atoms with Crippen LogP contribution in [0.5, 0.6) is 0 Å². The fourth-order valence-corrected chi connectivity index (χ4v) is 4.15. The molecule has 0 atom stereocenters. The average Bonchev–Trinajstić information content (AvgIpc) is 2.65. The van der Waals surface area contributed by atoms with Crippen LogP contribution in [-0.4, -0.2) is 36.2 Å². The van der Waals surface area contributed by atoms with Gasteiger partial charge in [-0.05, 0) is 38.1 Å². The van der Waals surface area contributed by atoms with Crippen molar-refractivity contribution in [3.05, 3.63) is 63.1 Å². The molecule has 0 bridgehead atoms. The first-order chi connectivity index (χ1) is 12.9. The number of amides is 1. The number of nitrogens with zero attached hydrogens (tertiary/aromatic N) is 1. The van der Waals surface area contributed by atoms with Crippen LogP contribution >= 0.6 is 34.8 Å². The van der Waals surface area contributed by atoms with E-state index in [2.05, 4.69) is 5.32 Å². The molecule has 142 valence electrons. The van der Waals surface area contributed by atoms with Gasteiger partial charge in [0.25, 0.3) is 0 Å². The van der Waals surface area contributed by atoms with Crippen LogP contribution < -0.4 is 5.32 Å². The molecular formula is C20H19Cl3N2O2. The van der Waals surface area contributed by atoms with E-state index >= 15 is 0 Å². The van der Waals surface area contributed by atoms with E-state index in [-0.39, 0.29) is 24.2 Å². The highest BCUT2D eigenvalue weighted by Crippen LogP contribution is 2.33. The summed E-state index contributed by atoms with van der Waals surface area (Å²) >= 11 is 18.1. The molecule has 0 radical (unpaired) electrons. The summed E-state index contributed by atoms with van der Waals surface area (Å²) in [6, 6.07) is 12.4. The summed E-state index contributed by atoms with van der Waals surface area (Å²) in [7, 11) is 0. The Labute approximate surface area is 173 Å². The van der Waals surface area contributed by atoms with Crippen LogP contribution in [0, 0.1) is 5.92 Å². The van der Waals surface area contributed by atoms with E-state index < -0.39 is 0 Å². The Morgan fingerprint density at radius 3 is 2.19 bits per heavy atom. The summed E-state index contributed by atoms with van der Waals surface area (Å²) in [5, 5.41) is 3.75. The molecule has 0 saturated carbocycles. The van der Waals surface area contributed by atoms with E-state index in [1.165, 1.54) is 12.1 Å². The lowest BCUT2D eigenvalue weighted by Gasteiger charge is -2.30. The molecule has 1 aliphatic heterocycles. The van der Waals surface area contributed by atoms with Crippen molar-refractivity contribution < 1.29 is 9.59 Å². The predicted molar refractivity (Wildman–Crippen MR) is 110 cm³/mol. The fraction of sp³-hybridized carbons (Fsp3) is 0.300. The first kappa shape index (κ1) is 20.2. The number of Topliss-reactive ketones (excluding diaryl/α,β-unsaturated/α-hetero) is 1. The van der Waals surface area contributed by atoms with Crippen LogP contribution in [0.4, 0.5) is 5.69 Å². The van der Waals surface area contributed by atoms with Crippen molar-refractivity contribution in [3.63, 3.8) is 0 Å². The van der Waals surface area contributed by atoms with Crippen molar-refractivity contribution in [3.8, 4) is 0 Å². The predicted octanol–water partition coefficient (Wildman–Crippen LogP) is 5.18. The molecule has 2 aromatic carbocycles. The maximum Gasteiger partial charge on any atom is 0.238 e. The lowest BCUT2D eigenvalue weighted by molar-refractivity contribution is -0.117. The second kappa shape index (κ2) is 9.07. The molecule has 1 heterocycles. The standard InChI is InChI=1S/C20H19Cl3N2O2/c21-15-10-16(22)19(17(23)11-15)24-18(26)12-25-8-6-14(7-9-25)20(27)13-4-2-1-3-5-13/h1-5,10-11,14H,6-9,12H2,(H,24,26). The van der Waals surface area contributed by atoms with Crippen molar-refractivity contribution in [1.29, 1.82) is 0 Å². The van der Waals surface area contributed by atoms with Crippen molar-refractivity contribution in [1.82, 2.24) is 4.90 Å². The van der Waals surface area contributed by atoms with Crippen molar-refractivity contribution in [2.75, 3.05) is 25.0 Å². The minimum absolute atomic E-state index is 0.00636. The first-order valence-electron chi connectivity index (χ1n) is 8.70. The van der Waals surface area contributed by atoms with E-state index in [1.807, 2.05) is 35.2 Å².